The highest BCUT2D eigenvalue weighted by Crippen LogP contribution is 2.41. The molecule has 640 valence electrons. The van der Waals surface area contributed by atoms with Crippen molar-refractivity contribution >= 4 is 0 Å². The molecule has 133 heavy (non-hydrogen) atoms. The second-order valence-electron chi connectivity index (χ2n) is 33.1. The van der Waals surface area contributed by atoms with Gasteiger partial charge in [0, 0.05) is 83.5 Å². The zero-order valence-corrected chi connectivity index (χ0v) is 75.2. The van der Waals surface area contributed by atoms with Crippen molar-refractivity contribution in [3.05, 3.63) is 508 Å². The second kappa shape index (κ2) is 42.7. The zero-order valence-electron chi connectivity index (χ0n) is 75.2. The van der Waals surface area contributed by atoms with Crippen LogP contribution >= 0.6 is 0 Å². The summed E-state index contributed by atoms with van der Waals surface area (Å²) in [6.07, 6.45) is 9.40. The Kier molecular flexibility index (Phi) is 28.2. The molecule has 5 aromatic heterocycles. The first kappa shape index (κ1) is 88.0. The number of nitrogens with zero attached hydrogens (tertiary/aromatic N) is 10. The summed E-state index contributed by atoms with van der Waals surface area (Å²) in [4.78, 5) is 49.3. The first-order valence-corrected chi connectivity index (χ1v) is 44.7. The van der Waals surface area contributed by atoms with Crippen LogP contribution in [0.2, 0.25) is 0 Å². The fraction of sp³-hybridized carbons (Fsp3) is 0.0569. The molecular formula is C123H98N10. The van der Waals surface area contributed by atoms with Gasteiger partial charge in [-0.2, -0.15) is 0 Å². The van der Waals surface area contributed by atoms with Gasteiger partial charge in [0.15, 0.2) is 0 Å². The largest absolute Gasteiger partial charge is 0.252 e. The molecule has 10 nitrogen and oxygen atoms in total. The van der Waals surface area contributed by atoms with E-state index in [1.807, 2.05) is 249 Å². The smallest absolute Gasteiger partial charge is 0.0972 e. The monoisotopic (exact) mass is 1710 g/mol. The third kappa shape index (κ3) is 21.5. The Morgan fingerprint density at radius 1 is 0.150 bits per heavy atom. The third-order valence-electron chi connectivity index (χ3n) is 22.9. The van der Waals surface area contributed by atoms with Crippen LogP contribution < -0.4 is 0 Å². The van der Waals surface area contributed by atoms with Crippen LogP contribution in [0.1, 0.15) is 43.0 Å². The van der Waals surface area contributed by atoms with E-state index in [0.717, 1.165) is 174 Å². The Bertz CT molecular complexity index is 7350. The Labute approximate surface area is 779 Å². The van der Waals surface area contributed by atoms with Crippen molar-refractivity contribution in [2.45, 2.75) is 47.0 Å². The minimum Gasteiger partial charge on any atom is -0.252 e. The molecule has 0 unspecified atom stereocenters. The molecule has 10 heteroatoms. The summed E-state index contributed by atoms with van der Waals surface area (Å²) in [6.45, 7) is 13.0. The number of aromatic nitrogens is 10. The van der Waals surface area contributed by atoms with Crippen molar-refractivity contribution in [3.63, 3.8) is 0 Å². The lowest BCUT2D eigenvalue weighted by atomic mass is 9.83. The van der Waals surface area contributed by atoms with Crippen LogP contribution in [0, 0.1) is 20.8 Å². The standard InChI is InChI=1S/C28H20N2.C26H24N2.C24H20N2.C23H18N2.C22H16N2/c1-4-12-21(13-5-1)24-18-10-11-19-25(24)26-20-29-27(22-14-6-2-7-15-22)28(30-26)23-16-8-3-9-17-23;1-26(2,3)22-17-11-10-16-21(22)23-18-27-24(19-12-6-4-7-13-19)25(28-23)20-14-8-5-9-15-20;1-17-10-9-11-18(2)22(17)21-16-25-23(19-12-5-3-6-13-19)24(26-21)20-14-7-4-8-15-20;1-17-10-8-9-15-20(17)21-16-24-22(18-11-4-2-5-12-18)23(25-21)19-13-6-3-7-14-19;1-4-10-17(11-5-1)20-16-23-21(18-12-6-2-7-13-18)22(24-20)19-14-8-3-9-15-19/h1-20H;4-18H,1-3H3;3-16H,1-2H3;2-16H,1H3;1-16H. The Balaban J connectivity index is 0.000000116. The molecule has 0 N–H and O–H groups in total. The summed E-state index contributed by atoms with van der Waals surface area (Å²) in [7, 11) is 0. The van der Waals surface area contributed by atoms with Gasteiger partial charge >= 0.3 is 0 Å². The maximum Gasteiger partial charge on any atom is 0.0972 e. The topological polar surface area (TPSA) is 129 Å². The molecule has 0 atom stereocenters. The molecule has 5 heterocycles. The molecule has 0 spiro atoms. The van der Waals surface area contributed by atoms with E-state index >= 15 is 0 Å². The number of rotatable bonds is 16. The SMILES string of the molecule is CC(C)(C)c1ccccc1-c1cnc(-c2ccccc2)c(-c2ccccc2)n1.Cc1cccc(C)c1-c1cnc(-c2ccccc2)c(-c2ccccc2)n1.Cc1ccccc1-c1cnc(-c2ccccc2)c(-c2ccccc2)n1.c1ccc(-c2ccccc2-c2cnc(-c3ccccc3)c(-c3ccccc3)n2)cc1.c1ccc(-c2cnc(-c3ccccc3)c(-c3ccccc3)n2)cc1. The van der Waals surface area contributed by atoms with E-state index in [4.69, 9.17) is 49.8 Å². The van der Waals surface area contributed by atoms with Crippen molar-refractivity contribution in [2.75, 3.05) is 0 Å². The molecule has 0 saturated carbocycles. The number of benzene rings is 16. The van der Waals surface area contributed by atoms with Crippen molar-refractivity contribution in [3.8, 4) is 180 Å². The molecule has 0 saturated heterocycles. The van der Waals surface area contributed by atoms with Crippen molar-refractivity contribution in [2.24, 2.45) is 0 Å². The molecule has 0 aliphatic carbocycles. The van der Waals surface area contributed by atoms with Crippen LogP contribution in [0.15, 0.2) is 486 Å². The van der Waals surface area contributed by atoms with Gasteiger partial charge in [0.1, 0.15) is 0 Å². The summed E-state index contributed by atoms with van der Waals surface area (Å²) in [5, 5.41) is 0. The lowest BCUT2D eigenvalue weighted by Gasteiger charge is -2.23. The normalized spacial score (nSPS) is 10.8. The second-order valence-corrected chi connectivity index (χ2v) is 33.1. The van der Waals surface area contributed by atoms with Gasteiger partial charge < -0.3 is 0 Å². The quantitative estimate of drug-likeness (QED) is 0.0922. The maximum atomic E-state index is 5.11. The van der Waals surface area contributed by atoms with Crippen LogP contribution in [0.4, 0.5) is 0 Å². The average molecular weight is 1720 g/mol. The van der Waals surface area contributed by atoms with Crippen molar-refractivity contribution in [1.82, 2.24) is 49.8 Å². The Morgan fingerprint density at radius 3 is 0.662 bits per heavy atom. The first-order chi connectivity index (χ1) is 65.4. The Morgan fingerprint density at radius 2 is 0.353 bits per heavy atom. The van der Waals surface area contributed by atoms with Gasteiger partial charge in [-0.1, -0.05) is 476 Å². The van der Waals surface area contributed by atoms with Gasteiger partial charge in [0.25, 0.3) is 0 Å². The molecule has 21 aromatic rings. The molecule has 0 amide bonds. The highest BCUT2D eigenvalue weighted by Gasteiger charge is 2.24. The summed E-state index contributed by atoms with van der Waals surface area (Å²) in [5.74, 6) is 0. The van der Waals surface area contributed by atoms with Crippen LogP contribution in [-0.4, -0.2) is 49.8 Å². The maximum absolute atomic E-state index is 5.11. The van der Waals surface area contributed by atoms with E-state index in [0.29, 0.717) is 0 Å². The zero-order chi connectivity index (χ0) is 90.9. The lowest BCUT2D eigenvalue weighted by molar-refractivity contribution is 0.591. The molecule has 21 rings (SSSR count). The van der Waals surface area contributed by atoms with E-state index < -0.39 is 0 Å². The molecule has 0 bridgehead atoms. The van der Waals surface area contributed by atoms with E-state index in [1.54, 1.807) is 0 Å². The van der Waals surface area contributed by atoms with Crippen molar-refractivity contribution < 1.29 is 0 Å². The summed E-state index contributed by atoms with van der Waals surface area (Å²) < 4.78 is 0. The highest BCUT2D eigenvalue weighted by molar-refractivity contribution is 5.88. The van der Waals surface area contributed by atoms with Gasteiger partial charge in [0.05, 0.1) is 116 Å². The first-order valence-electron chi connectivity index (χ1n) is 44.7. The van der Waals surface area contributed by atoms with Crippen LogP contribution in [-0.2, 0) is 5.41 Å². The van der Waals surface area contributed by atoms with E-state index in [-0.39, 0.29) is 5.41 Å². The molecular weight excluding hydrogens is 1620 g/mol. The van der Waals surface area contributed by atoms with Crippen LogP contribution in [0.5, 0.6) is 0 Å². The predicted molar refractivity (Wildman–Crippen MR) is 550 cm³/mol. The average Bonchev–Trinajstić information content (AvgIpc) is 0.765. The van der Waals surface area contributed by atoms with Crippen LogP contribution in [0.3, 0.4) is 0 Å². The fourth-order valence-electron chi connectivity index (χ4n) is 16.2. The molecule has 16 aromatic carbocycles. The van der Waals surface area contributed by atoms with E-state index in [1.165, 1.54) is 27.8 Å². The number of aryl methyl sites for hydroxylation is 3. The minimum atomic E-state index is 0.0310. The molecule has 0 aliphatic rings. The molecule has 0 radical (unpaired) electrons. The predicted octanol–water partition coefficient (Wildman–Crippen LogP) is 31.3. The molecule has 0 fully saturated rings. The third-order valence-corrected chi connectivity index (χ3v) is 22.9. The highest BCUT2D eigenvalue weighted by atomic mass is 14.9. The van der Waals surface area contributed by atoms with Gasteiger partial charge in [-0.15, -0.1) is 0 Å². The van der Waals surface area contributed by atoms with E-state index in [2.05, 4.69) is 278 Å². The van der Waals surface area contributed by atoms with E-state index in [9.17, 15) is 0 Å². The van der Waals surface area contributed by atoms with Gasteiger partial charge in [0.2, 0.25) is 0 Å². The summed E-state index contributed by atoms with van der Waals surface area (Å²) in [6, 6.07) is 154. The number of hydrogen-bond acceptors (Lipinski definition) is 10. The number of hydrogen-bond donors (Lipinski definition) is 0. The molecule has 0 aliphatic heterocycles. The summed E-state index contributed by atoms with van der Waals surface area (Å²) >= 11 is 0. The summed E-state index contributed by atoms with van der Waals surface area (Å²) in [5.41, 5.74) is 37.1. The van der Waals surface area contributed by atoms with Crippen LogP contribution in [0.25, 0.3) is 180 Å². The Hall–Kier alpha value is -17.1. The minimum absolute atomic E-state index is 0.0310. The van der Waals surface area contributed by atoms with Gasteiger partial charge in [-0.3, -0.25) is 24.9 Å². The van der Waals surface area contributed by atoms with Crippen molar-refractivity contribution in [1.29, 1.82) is 0 Å². The van der Waals surface area contributed by atoms with Gasteiger partial charge in [-0.25, -0.2) is 24.9 Å². The lowest BCUT2D eigenvalue weighted by Crippen LogP contribution is -2.13. The fourth-order valence-corrected chi connectivity index (χ4v) is 16.2. The van der Waals surface area contributed by atoms with Gasteiger partial charge in [-0.05, 0) is 59.6 Å².